The highest BCUT2D eigenvalue weighted by Gasteiger charge is 2.27. The number of furan rings is 1. The van der Waals surface area contributed by atoms with E-state index in [2.05, 4.69) is 26.1 Å². The SMILES string of the molecule is CCc1occc1C(=O)NC(CCCl)C(C)(C)C. The van der Waals surface area contributed by atoms with Crippen molar-refractivity contribution in [1.82, 2.24) is 5.32 Å². The summed E-state index contributed by atoms with van der Waals surface area (Å²) in [5, 5.41) is 3.05. The first kappa shape index (κ1) is 15.1. The Morgan fingerprint density at radius 2 is 2.17 bits per heavy atom. The van der Waals surface area contributed by atoms with Crippen molar-refractivity contribution >= 4 is 17.5 Å². The zero-order valence-corrected chi connectivity index (χ0v) is 12.3. The molecular weight excluding hydrogens is 250 g/mol. The number of nitrogens with one attached hydrogen (secondary N) is 1. The number of hydrogen-bond acceptors (Lipinski definition) is 2. The molecule has 1 unspecified atom stereocenters. The average molecular weight is 272 g/mol. The van der Waals surface area contributed by atoms with E-state index in [-0.39, 0.29) is 17.4 Å². The van der Waals surface area contributed by atoms with Gasteiger partial charge in [-0.25, -0.2) is 0 Å². The Hall–Kier alpha value is -0.960. The molecule has 4 heteroatoms. The molecular formula is C14H22ClNO2. The molecule has 0 fully saturated rings. The summed E-state index contributed by atoms with van der Waals surface area (Å²) in [4.78, 5) is 12.2. The maximum absolute atomic E-state index is 12.2. The van der Waals surface area contributed by atoms with Gasteiger partial charge >= 0.3 is 0 Å². The van der Waals surface area contributed by atoms with Gasteiger partial charge in [0.2, 0.25) is 0 Å². The highest BCUT2D eigenvalue weighted by atomic mass is 35.5. The minimum absolute atomic E-state index is 0.0132. The molecule has 0 radical (unpaired) electrons. The molecule has 0 spiro atoms. The number of carbonyl (C=O) groups is 1. The molecule has 0 aliphatic carbocycles. The fraction of sp³-hybridized carbons (Fsp3) is 0.643. The van der Waals surface area contributed by atoms with Crippen LogP contribution in [0.5, 0.6) is 0 Å². The second kappa shape index (κ2) is 6.28. The Morgan fingerprint density at radius 3 is 2.67 bits per heavy atom. The van der Waals surface area contributed by atoms with Crippen molar-refractivity contribution in [1.29, 1.82) is 0 Å². The third kappa shape index (κ3) is 3.77. The molecule has 1 rings (SSSR count). The van der Waals surface area contributed by atoms with Crippen LogP contribution < -0.4 is 5.32 Å². The fourth-order valence-corrected chi connectivity index (χ4v) is 2.10. The van der Waals surface area contributed by atoms with Crippen LogP contribution in [-0.4, -0.2) is 17.8 Å². The minimum Gasteiger partial charge on any atom is -0.469 e. The van der Waals surface area contributed by atoms with Crippen molar-refractivity contribution in [3.63, 3.8) is 0 Å². The Kier molecular flexibility index (Phi) is 5.27. The minimum atomic E-state index is -0.0781. The first-order chi connectivity index (χ1) is 8.40. The first-order valence-electron chi connectivity index (χ1n) is 6.33. The smallest absolute Gasteiger partial charge is 0.255 e. The Balaban J connectivity index is 2.79. The van der Waals surface area contributed by atoms with Crippen LogP contribution in [0.15, 0.2) is 16.7 Å². The molecule has 1 aromatic heterocycles. The summed E-state index contributed by atoms with van der Waals surface area (Å²) in [6.45, 7) is 8.26. The topological polar surface area (TPSA) is 42.2 Å². The molecule has 1 N–H and O–H groups in total. The van der Waals surface area contributed by atoms with E-state index in [1.165, 1.54) is 0 Å². The molecule has 1 aromatic rings. The summed E-state index contributed by atoms with van der Waals surface area (Å²) in [6.07, 6.45) is 3.03. The molecule has 0 aromatic carbocycles. The van der Waals surface area contributed by atoms with Gasteiger partial charge in [-0.2, -0.15) is 0 Å². The average Bonchev–Trinajstić information content (AvgIpc) is 2.75. The number of hydrogen-bond donors (Lipinski definition) is 1. The second-order valence-corrected chi connectivity index (χ2v) is 5.86. The van der Waals surface area contributed by atoms with Crippen molar-refractivity contribution in [2.45, 2.75) is 46.6 Å². The molecule has 102 valence electrons. The van der Waals surface area contributed by atoms with E-state index < -0.39 is 0 Å². The summed E-state index contributed by atoms with van der Waals surface area (Å²) in [5.41, 5.74) is 0.613. The number of rotatable bonds is 5. The maximum atomic E-state index is 12.2. The molecule has 0 aliphatic heterocycles. The molecule has 1 atom stereocenters. The summed E-state index contributed by atoms with van der Waals surface area (Å²) >= 11 is 5.80. The summed E-state index contributed by atoms with van der Waals surface area (Å²) in [7, 11) is 0. The third-order valence-electron chi connectivity index (χ3n) is 3.06. The summed E-state index contributed by atoms with van der Waals surface area (Å²) in [6, 6.07) is 1.77. The number of carbonyl (C=O) groups excluding carboxylic acids is 1. The predicted molar refractivity (Wildman–Crippen MR) is 74.1 cm³/mol. The molecule has 0 saturated heterocycles. The normalized spacial score (nSPS) is 13.4. The van der Waals surface area contributed by atoms with Crippen molar-refractivity contribution in [3.8, 4) is 0 Å². The quantitative estimate of drug-likeness (QED) is 0.831. The van der Waals surface area contributed by atoms with Gasteiger partial charge in [-0.15, -0.1) is 11.6 Å². The number of alkyl halides is 1. The van der Waals surface area contributed by atoms with Crippen LogP contribution in [0, 0.1) is 5.41 Å². The highest BCUT2D eigenvalue weighted by Crippen LogP contribution is 2.23. The Labute approximate surface area is 114 Å². The molecule has 0 saturated carbocycles. The number of amides is 1. The number of aryl methyl sites for hydroxylation is 1. The third-order valence-corrected chi connectivity index (χ3v) is 3.28. The van der Waals surface area contributed by atoms with E-state index in [9.17, 15) is 4.79 Å². The lowest BCUT2D eigenvalue weighted by Crippen LogP contribution is -2.44. The zero-order chi connectivity index (χ0) is 13.8. The first-order valence-corrected chi connectivity index (χ1v) is 6.86. The standard InChI is InChI=1S/C14H22ClNO2/c1-5-11-10(7-9-18-11)13(17)16-12(6-8-15)14(2,3)4/h7,9,12H,5-6,8H2,1-4H3,(H,16,17). The lowest BCUT2D eigenvalue weighted by molar-refractivity contribution is 0.0898. The van der Waals surface area contributed by atoms with Crippen LogP contribution in [0.1, 0.15) is 50.2 Å². The van der Waals surface area contributed by atoms with Crippen LogP contribution in [0.4, 0.5) is 0 Å². The highest BCUT2D eigenvalue weighted by molar-refractivity contribution is 6.17. The van der Waals surface area contributed by atoms with Crippen molar-refractivity contribution in [2.24, 2.45) is 5.41 Å². The van der Waals surface area contributed by atoms with Crippen molar-refractivity contribution < 1.29 is 9.21 Å². The van der Waals surface area contributed by atoms with Gasteiger partial charge in [-0.1, -0.05) is 27.7 Å². The van der Waals surface area contributed by atoms with E-state index in [0.29, 0.717) is 17.9 Å². The molecule has 0 aliphatic rings. The van der Waals surface area contributed by atoms with Gasteiger partial charge in [0.05, 0.1) is 11.8 Å². The number of halogens is 1. The van der Waals surface area contributed by atoms with Gasteiger partial charge in [-0.05, 0) is 17.9 Å². The predicted octanol–water partition coefficient (Wildman–Crippen LogP) is 3.62. The van der Waals surface area contributed by atoms with E-state index in [1.807, 2.05) is 6.92 Å². The van der Waals surface area contributed by atoms with Crippen molar-refractivity contribution in [2.75, 3.05) is 5.88 Å². The fourth-order valence-electron chi connectivity index (χ4n) is 1.88. The van der Waals surface area contributed by atoms with Gasteiger partial charge in [0.15, 0.2) is 0 Å². The van der Waals surface area contributed by atoms with E-state index in [1.54, 1.807) is 12.3 Å². The largest absolute Gasteiger partial charge is 0.469 e. The van der Waals surface area contributed by atoms with Crippen LogP contribution >= 0.6 is 11.6 Å². The van der Waals surface area contributed by atoms with E-state index >= 15 is 0 Å². The molecule has 1 heterocycles. The Morgan fingerprint density at radius 1 is 1.50 bits per heavy atom. The lowest BCUT2D eigenvalue weighted by Gasteiger charge is -2.31. The van der Waals surface area contributed by atoms with Crippen LogP contribution in [0.3, 0.4) is 0 Å². The molecule has 18 heavy (non-hydrogen) atoms. The van der Waals surface area contributed by atoms with Gasteiger partial charge < -0.3 is 9.73 Å². The zero-order valence-electron chi connectivity index (χ0n) is 11.5. The lowest BCUT2D eigenvalue weighted by atomic mass is 9.85. The van der Waals surface area contributed by atoms with E-state index in [0.717, 1.165) is 12.2 Å². The molecule has 1 amide bonds. The van der Waals surface area contributed by atoms with Crippen LogP contribution in [0.2, 0.25) is 0 Å². The van der Waals surface area contributed by atoms with Crippen LogP contribution in [0.25, 0.3) is 0 Å². The second-order valence-electron chi connectivity index (χ2n) is 5.48. The van der Waals surface area contributed by atoms with E-state index in [4.69, 9.17) is 16.0 Å². The van der Waals surface area contributed by atoms with Gasteiger partial charge in [0, 0.05) is 18.3 Å². The van der Waals surface area contributed by atoms with Crippen molar-refractivity contribution in [3.05, 3.63) is 23.7 Å². The molecule has 0 bridgehead atoms. The molecule has 3 nitrogen and oxygen atoms in total. The van der Waals surface area contributed by atoms with Gasteiger partial charge in [0.1, 0.15) is 5.76 Å². The van der Waals surface area contributed by atoms with Gasteiger partial charge in [0.25, 0.3) is 5.91 Å². The van der Waals surface area contributed by atoms with Gasteiger partial charge in [-0.3, -0.25) is 4.79 Å². The summed E-state index contributed by atoms with van der Waals surface area (Å²) < 4.78 is 5.28. The maximum Gasteiger partial charge on any atom is 0.255 e. The Bertz CT molecular complexity index is 393. The van der Waals surface area contributed by atoms with Crippen LogP contribution in [-0.2, 0) is 6.42 Å². The summed E-state index contributed by atoms with van der Waals surface area (Å²) in [5.74, 6) is 1.19. The monoisotopic (exact) mass is 271 g/mol.